The molecule has 1 nitrogen and oxygen atoms in total. The molecule has 0 saturated carbocycles. The lowest BCUT2D eigenvalue weighted by atomic mass is 10.2. The van der Waals surface area contributed by atoms with Gasteiger partial charge in [0.15, 0.2) is 0 Å². The quantitative estimate of drug-likeness (QED) is 0.643. The van der Waals surface area contributed by atoms with Gasteiger partial charge in [0, 0.05) is 24.1 Å². The second-order valence-corrected chi connectivity index (χ2v) is 4.08. The Kier molecular flexibility index (Phi) is 7.76. The third-order valence-corrected chi connectivity index (χ3v) is 2.82. The van der Waals surface area contributed by atoms with Crippen LogP contribution in [0.2, 0.25) is 0 Å². The minimum Gasteiger partial charge on any atom is -0.302 e. The molecule has 0 aromatic carbocycles. The Bertz CT molecular complexity index is 88.2. The van der Waals surface area contributed by atoms with Gasteiger partial charge in [0.2, 0.25) is 0 Å². The number of rotatable bonds is 6. The van der Waals surface area contributed by atoms with Gasteiger partial charge in [0.1, 0.15) is 0 Å². The van der Waals surface area contributed by atoms with E-state index >= 15 is 0 Å². The van der Waals surface area contributed by atoms with Crippen LogP contribution in [0.4, 0.5) is 0 Å². The summed E-state index contributed by atoms with van der Waals surface area (Å²) < 4.78 is 0. The van der Waals surface area contributed by atoms with Crippen molar-refractivity contribution in [1.29, 1.82) is 0 Å². The molecule has 0 bridgehead atoms. The molecule has 3 heteroatoms. The Morgan fingerprint density at radius 1 is 1.55 bits per heavy atom. The Balaban J connectivity index is 3.61. The van der Waals surface area contributed by atoms with E-state index in [1.54, 1.807) is 0 Å². The van der Waals surface area contributed by atoms with Crippen molar-refractivity contribution in [3.63, 3.8) is 0 Å². The highest BCUT2D eigenvalue weighted by Gasteiger charge is 2.09. The van der Waals surface area contributed by atoms with Crippen LogP contribution in [0.15, 0.2) is 0 Å². The molecule has 0 radical (unpaired) electrons. The topological polar surface area (TPSA) is 3.24 Å². The fourth-order valence-corrected chi connectivity index (χ4v) is 2.28. The lowest BCUT2D eigenvalue weighted by Gasteiger charge is -2.25. The molecule has 0 aromatic heterocycles. The highest BCUT2D eigenvalue weighted by atomic mass is 32.2. The second-order valence-electron chi connectivity index (χ2n) is 2.72. The van der Waals surface area contributed by atoms with Crippen molar-refractivity contribution in [2.45, 2.75) is 19.4 Å². The first-order chi connectivity index (χ1) is 5.26. The predicted octanol–water partition coefficient (Wildman–Crippen LogP) is 1.99. The molecule has 0 fully saturated rings. The fraction of sp³-hybridized carbons (Fsp3) is 1.00. The largest absolute Gasteiger partial charge is 0.302 e. The van der Waals surface area contributed by atoms with E-state index in [4.69, 9.17) is 0 Å². The van der Waals surface area contributed by atoms with E-state index in [2.05, 4.69) is 37.8 Å². The third-order valence-electron chi connectivity index (χ3n) is 1.91. The van der Waals surface area contributed by atoms with Crippen LogP contribution in [0.25, 0.3) is 0 Å². The van der Waals surface area contributed by atoms with Gasteiger partial charge in [-0.2, -0.15) is 24.4 Å². The molecule has 11 heavy (non-hydrogen) atoms. The molecule has 0 aliphatic carbocycles. The lowest BCUT2D eigenvalue weighted by molar-refractivity contribution is 0.272. The number of thiol groups is 1. The normalized spacial score (nSPS) is 13.9. The maximum atomic E-state index is 4.21. The highest BCUT2D eigenvalue weighted by molar-refractivity contribution is 7.98. The Morgan fingerprint density at radius 2 is 2.18 bits per heavy atom. The predicted molar refractivity (Wildman–Crippen MR) is 58.9 cm³/mol. The van der Waals surface area contributed by atoms with Crippen LogP contribution in [0, 0.1) is 0 Å². The van der Waals surface area contributed by atoms with E-state index in [-0.39, 0.29) is 0 Å². The first-order valence-electron chi connectivity index (χ1n) is 4.06. The van der Waals surface area contributed by atoms with Gasteiger partial charge in [-0.15, -0.1) is 0 Å². The van der Waals surface area contributed by atoms with Crippen LogP contribution in [-0.4, -0.2) is 42.3 Å². The maximum Gasteiger partial charge on any atom is 0.0180 e. The second kappa shape index (κ2) is 7.32. The molecule has 68 valence electrons. The van der Waals surface area contributed by atoms with Gasteiger partial charge in [-0.1, -0.05) is 6.92 Å². The van der Waals surface area contributed by atoms with Crippen LogP contribution in [0.5, 0.6) is 0 Å². The highest BCUT2D eigenvalue weighted by Crippen LogP contribution is 2.07. The van der Waals surface area contributed by atoms with Crippen LogP contribution in [0.1, 0.15) is 13.3 Å². The molecule has 0 amide bonds. The summed E-state index contributed by atoms with van der Waals surface area (Å²) in [4.78, 5) is 2.39. The summed E-state index contributed by atoms with van der Waals surface area (Å²) in [5.41, 5.74) is 0. The van der Waals surface area contributed by atoms with E-state index in [1.165, 1.54) is 12.2 Å². The summed E-state index contributed by atoms with van der Waals surface area (Å²) in [7, 11) is 2.18. The summed E-state index contributed by atoms with van der Waals surface area (Å²) in [5, 5.41) is 0. The van der Waals surface area contributed by atoms with E-state index in [1.807, 2.05) is 11.8 Å². The standard InChI is InChI=1S/C8H19NS2/c1-4-8(7-11-3)9(2)5-6-10/h8,10H,4-7H2,1-3H3. The molecule has 0 N–H and O–H groups in total. The van der Waals surface area contributed by atoms with Crippen molar-refractivity contribution >= 4 is 24.4 Å². The van der Waals surface area contributed by atoms with Crippen LogP contribution in [0.3, 0.4) is 0 Å². The molecular weight excluding hydrogens is 174 g/mol. The zero-order chi connectivity index (χ0) is 8.69. The average Bonchev–Trinajstić information content (AvgIpc) is 2.00. The van der Waals surface area contributed by atoms with Crippen LogP contribution < -0.4 is 0 Å². The third kappa shape index (κ3) is 4.99. The number of hydrogen-bond donors (Lipinski definition) is 1. The number of nitrogens with zero attached hydrogens (tertiary/aromatic N) is 1. The molecule has 0 heterocycles. The smallest absolute Gasteiger partial charge is 0.0180 e. The van der Waals surface area contributed by atoms with Gasteiger partial charge in [-0.25, -0.2) is 0 Å². The summed E-state index contributed by atoms with van der Waals surface area (Å²) in [6.45, 7) is 3.35. The maximum absolute atomic E-state index is 4.21. The van der Waals surface area contributed by atoms with Crippen molar-refractivity contribution in [3.05, 3.63) is 0 Å². The molecule has 0 spiro atoms. The number of hydrogen-bond acceptors (Lipinski definition) is 3. The average molecular weight is 193 g/mol. The Labute approximate surface area is 80.3 Å². The molecule has 0 rings (SSSR count). The van der Waals surface area contributed by atoms with Crippen molar-refractivity contribution in [3.8, 4) is 0 Å². The molecule has 1 unspecified atom stereocenters. The van der Waals surface area contributed by atoms with Crippen LogP contribution >= 0.6 is 24.4 Å². The van der Waals surface area contributed by atoms with Gasteiger partial charge >= 0.3 is 0 Å². The van der Waals surface area contributed by atoms with Gasteiger partial charge < -0.3 is 4.90 Å². The molecule has 0 saturated heterocycles. The minimum absolute atomic E-state index is 0.733. The first kappa shape index (κ1) is 11.7. The summed E-state index contributed by atoms with van der Waals surface area (Å²) in [6, 6.07) is 0.733. The molecule has 0 aliphatic heterocycles. The lowest BCUT2D eigenvalue weighted by Crippen LogP contribution is -2.34. The molecule has 1 atom stereocenters. The number of thioether (sulfide) groups is 1. The van der Waals surface area contributed by atoms with Crippen LogP contribution in [-0.2, 0) is 0 Å². The van der Waals surface area contributed by atoms with E-state index in [0.29, 0.717) is 0 Å². The van der Waals surface area contributed by atoms with Gasteiger partial charge in [-0.05, 0) is 19.7 Å². The first-order valence-corrected chi connectivity index (χ1v) is 6.08. The monoisotopic (exact) mass is 193 g/mol. The van der Waals surface area contributed by atoms with E-state index in [9.17, 15) is 0 Å². The van der Waals surface area contributed by atoms with Crippen molar-refractivity contribution in [1.82, 2.24) is 4.90 Å². The van der Waals surface area contributed by atoms with E-state index < -0.39 is 0 Å². The van der Waals surface area contributed by atoms with Crippen molar-refractivity contribution in [2.75, 3.05) is 31.4 Å². The summed E-state index contributed by atoms with van der Waals surface area (Å²) in [6.07, 6.45) is 3.41. The van der Waals surface area contributed by atoms with Crippen molar-refractivity contribution in [2.24, 2.45) is 0 Å². The Morgan fingerprint density at radius 3 is 2.55 bits per heavy atom. The zero-order valence-corrected chi connectivity index (χ0v) is 9.42. The van der Waals surface area contributed by atoms with Crippen molar-refractivity contribution < 1.29 is 0 Å². The molecule has 0 aromatic rings. The fourth-order valence-electron chi connectivity index (χ4n) is 1.09. The van der Waals surface area contributed by atoms with Gasteiger partial charge in [0.05, 0.1) is 0 Å². The molecular formula is C8H19NS2. The SMILES string of the molecule is CCC(CSC)N(C)CCS. The van der Waals surface area contributed by atoms with Gasteiger partial charge in [0.25, 0.3) is 0 Å². The molecule has 0 aliphatic rings. The zero-order valence-electron chi connectivity index (χ0n) is 7.71. The van der Waals surface area contributed by atoms with E-state index in [0.717, 1.165) is 18.3 Å². The minimum atomic E-state index is 0.733. The summed E-state index contributed by atoms with van der Waals surface area (Å²) in [5.74, 6) is 2.20. The van der Waals surface area contributed by atoms with Gasteiger partial charge in [-0.3, -0.25) is 0 Å². The summed E-state index contributed by atoms with van der Waals surface area (Å²) >= 11 is 6.13. The Hall–Kier alpha value is 0.660.